The standard InChI is InChI=1S/C14H22N2OS/c1-2-3-4-5-10-17-13-6-8-16(9-7-13)14-11-15-12-18-14/h4-5,11-13H,2-3,6-10H2,1H3/b5-4-. The van der Waals surface area contributed by atoms with Gasteiger partial charge in [0.25, 0.3) is 0 Å². The van der Waals surface area contributed by atoms with Crippen LogP contribution >= 0.6 is 11.3 Å². The molecule has 0 aliphatic carbocycles. The van der Waals surface area contributed by atoms with E-state index in [1.165, 1.54) is 11.4 Å². The molecule has 0 spiro atoms. The third kappa shape index (κ3) is 4.10. The third-order valence-electron chi connectivity index (χ3n) is 3.22. The summed E-state index contributed by atoms with van der Waals surface area (Å²) in [7, 11) is 0. The zero-order valence-electron chi connectivity index (χ0n) is 11.0. The lowest BCUT2D eigenvalue weighted by atomic mass is 10.1. The van der Waals surface area contributed by atoms with Crippen LogP contribution in [0.25, 0.3) is 0 Å². The van der Waals surface area contributed by atoms with Gasteiger partial charge in [0.15, 0.2) is 0 Å². The van der Waals surface area contributed by atoms with Crippen molar-refractivity contribution in [3.63, 3.8) is 0 Å². The molecule has 1 fully saturated rings. The van der Waals surface area contributed by atoms with E-state index in [4.69, 9.17) is 4.74 Å². The zero-order valence-corrected chi connectivity index (χ0v) is 11.9. The number of hydrogen-bond acceptors (Lipinski definition) is 4. The van der Waals surface area contributed by atoms with E-state index >= 15 is 0 Å². The van der Waals surface area contributed by atoms with Gasteiger partial charge in [0.2, 0.25) is 0 Å². The highest BCUT2D eigenvalue weighted by Crippen LogP contribution is 2.24. The van der Waals surface area contributed by atoms with Gasteiger partial charge in [-0.05, 0) is 19.3 Å². The first-order chi connectivity index (χ1) is 8.90. The number of thiazole rings is 1. The van der Waals surface area contributed by atoms with E-state index in [-0.39, 0.29) is 0 Å². The molecule has 0 bridgehead atoms. The fraction of sp³-hybridized carbons (Fsp3) is 0.643. The maximum atomic E-state index is 5.87. The van der Waals surface area contributed by atoms with Crippen LogP contribution in [0.2, 0.25) is 0 Å². The molecule has 18 heavy (non-hydrogen) atoms. The van der Waals surface area contributed by atoms with Crippen molar-refractivity contribution < 1.29 is 4.74 Å². The normalized spacial score (nSPS) is 17.7. The molecular weight excluding hydrogens is 244 g/mol. The molecule has 0 aromatic carbocycles. The maximum Gasteiger partial charge on any atom is 0.111 e. The Morgan fingerprint density at radius 3 is 2.94 bits per heavy atom. The molecule has 0 atom stereocenters. The molecule has 100 valence electrons. The van der Waals surface area contributed by atoms with Crippen LogP contribution in [0.15, 0.2) is 23.9 Å². The molecule has 1 aromatic heterocycles. The summed E-state index contributed by atoms with van der Waals surface area (Å²) < 4.78 is 5.87. The Morgan fingerprint density at radius 1 is 1.44 bits per heavy atom. The highest BCUT2D eigenvalue weighted by molar-refractivity contribution is 7.13. The van der Waals surface area contributed by atoms with Crippen molar-refractivity contribution in [2.24, 2.45) is 0 Å². The van der Waals surface area contributed by atoms with Gasteiger partial charge in [-0.25, -0.2) is 0 Å². The number of ether oxygens (including phenoxy) is 1. The van der Waals surface area contributed by atoms with Crippen LogP contribution in [0.3, 0.4) is 0 Å². The van der Waals surface area contributed by atoms with Gasteiger partial charge >= 0.3 is 0 Å². The number of hydrogen-bond donors (Lipinski definition) is 0. The van der Waals surface area contributed by atoms with Crippen LogP contribution in [0.4, 0.5) is 5.00 Å². The summed E-state index contributed by atoms with van der Waals surface area (Å²) >= 11 is 1.72. The number of anilines is 1. The lowest BCUT2D eigenvalue weighted by molar-refractivity contribution is 0.0562. The molecule has 1 aliphatic heterocycles. The predicted octanol–water partition coefficient (Wildman–Crippen LogP) is 3.48. The molecule has 2 rings (SSSR count). The Labute approximate surface area is 113 Å². The first-order valence-corrected chi connectivity index (χ1v) is 7.68. The summed E-state index contributed by atoms with van der Waals surface area (Å²) in [6.45, 7) is 5.14. The molecule has 4 heteroatoms. The first-order valence-electron chi connectivity index (χ1n) is 6.80. The van der Waals surface area contributed by atoms with E-state index in [0.717, 1.165) is 39.0 Å². The fourth-order valence-corrected chi connectivity index (χ4v) is 2.84. The minimum absolute atomic E-state index is 0.431. The SMILES string of the molecule is CCC/C=C\COC1CCN(c2cncs2)CC1. The number of rotatable bonds is 6. The van der Waals surface area contributed by atoms with Crippen LogP contribution in [-0.2, 0) is 4.74 Å². The average Bonchev–Trinajstić information content (AvgIpc) is 2.93. The van der Waals surface area contributed by atoms with Crippen LogP contribution in [0, 0.1) is 0 Å². The van der Waals surface area contributed by atoms with Crippen molar-refractivity contribution >= 4 is 16.3 Å². The van der Waals surface area contributed by atoms with Gasteiger partial charge in [0, 0.05) is 13.1 Å². The largest absolute Gasteiger partial charge is 0.374 e. The predicted molar refractivity (Wildman–Crippen MR) is 77.3 cm³/mol. The van der Waals surface area contributed by atoms with Crippen molar-refractivity contribution in [1.82, 2.24) is 4.98 Å². The van der Waals surface area contributed by atoms with E-state index < -0.39 is 0 Å². The fourth-order valence-electron chi connectivity index (χ4n) is 2.15. The minimum Gasteiger partial charge on any atom is -0.374 e. The quantitative estimate of drug-likeness (QED) is 0.737. The number of aromatic nitrogens is 1. The number of unbranched alkanes of at least 4 members (excludes halogenated alkanes) is 1. The molecular formula is C14H22N2OS. The third-order valence-corrected chi connectivity index (χ3v) is 4.06. The second-order valence-electron chi connectivity index (χ2n) is 4.62. The summed E-state index contributed by atoms with van der Waals surface area (Å²) in [6, 6.07) is 0. The van der Waals surface area contributed by atoms with E-state index in [0.29, 0.717) is 6.10 Å². The number of piperidine rings is 1. The van der Waals surface area contributed by atoms with E-state index in [1.807, 2.05) is 11.7 Å². The Morgan fingerprint density at radius 2 is 2.28 bits per heavy atom. The van der Waals surface area contributed by atoms with Gasteiger partial charge in [-0.2, -0.15) is 0 Å². The molecule has 1 aromatic rings. The lowest BCUT2D eigenvalue weighted by Crippen LogP contribution is -2.36. The van der Waals surface area contributed by atoms with Crippen molar-refractivity contribution in [3.05, 3.63) is 23.9 Å². The molecule has 0 N–H and O–H groups in total. The minimum atomic E-state index is 0.431. The molecule has 0 unspecified atom stereocenters. The van der Waals surface area contributed by atoms with Crippen LogP contribution < -0.4 is 4.90 Å². The van der Waals surface area contributed by atoms with E-state index in [9.17, 15) is 0 Å². The smallest absolute Gasteiger partial charge is 0.111 e. The van der Waals surface area contributed by atoms with Gasteiger partial charge in [-0.1, -0.05) is 25.5 Å². The van der Waals surface area contributed by atoms with E-state index in [2.05, 4.69) is 29.0 Å². The second kappa shape index (κ2) is 7.54. The summed E-state index contributed by atoms with van der Waals surface area (Å²) in [4.78, 5) is 6.54. The molecule has 0 radical (unpaired) electrons. The van der Waals surface area contributed by atoms with Crippen molar-refractivity contribution in [2.75, 3.05) is 24.6 Å². The molecule has 1 saturated heterocycles. The summed E-state index contributed by atoms with van der Waals surface area (Å²) in [6.07, 6.45) is 11.4. The molecule has 2 heterocycles. The molecule has 1 aliphatic rings. The van der Waals surface area contributed by atoms with Gasteiger partial charge in [-0.3, -0.25) is 4.98 Å². The highest BCUT2D eigenvalue weighted by atomic mass is 32.1. The van der Waals surface area contributed by atoms with Gasteiger partial charge < -0.3 is 9.64 Å². The molecule has 0 amide bonds. The van der Waals surface area contributed by atoms with Gasteiger partial charge in [0.05, 0.1) is 24.4 Å². The zero-order chi connectivity index (χ0) is 12.6. The van der Waals surface area contributed by atoms with Crippen LogP contribution in [0.1, 0.15) is 32.6 Å². The average molecular weight is 266 g/mol. The second-order valence-corrected chi connectivity index (χ2v) is 5.48. The van der Waals surface area contributed by atoms with Gasteiger partial charge in [0.1, 0.15) is 5.00 Å². The Hall–Kier alpha value is -0.870. The summed E-state index contributed by atoms with van der Waals surface area (Å²) in [5.41, 5.74) is 1.90. The lowest BCUT2D eigenvalue weighted by Gasteiger charge is -2.32. The Kier molecular flexibility index (Phi) is 5.68. The van der Waals surface area contributed by atoms with Crippen LogP contribution in [-0.4, -0.2) is 30.8 Å². The topological polar surface area (TPSA) is 25.4 Å². The molecule has 3 nitrogen and oxygen atoms in total. The van der Waals surface area contributed by atoms with Crippen molar-refractivity contribution in [3.8, 4) is 0 Å². The monoisotopic (exact) mass is 266 g/mol. The Bertz CT molecular complexity index is 343. The summed E-state index contributed by atoms with van der Waals surface area (Å²) in [5.74, 6) is 0. The van der Waals surface area contributed by atoms with E-state index in [1.54, 1.807) is 11.3 Å². The van der Waals surface area contributed by atoms with Crippen LogP contribution in [0.5, 0.6) is 0 Å². The first kappa shape index (κ1) is 13.6. The van der Waals surface area contributed by atoms with Crippen molar-refractivity contribution in [1.29, 1.82) is 0 Å². The maximum absolute atomic E-state index is 5.87. The Balaban J connectivity index is 1.64. The van der Waals surface area contributed by atoms with Gasteiger partial charge in [-0.15, -0.1) is 11.3 Å². The number of nitrogens with zero attached hydrogens (tertiary/aromatic N) is 2. The number of allylic oxidation sites excluding steroid dienone is 1. The highest BCUT2D eigenvalue weighted by Gasteiger charge is 2.20. The molecule has 0 saturated carbocycles. The summed E-state index contributed by atoms with van der Waals surface area (Å²) in [5, 5.41) is 1.29. The van der Waals surface area contributed by atoms with Crippen molar-refractivity contribution in [2.45, 2.75) is 38.7 Å².